The molecular formula is C16H27NO. The molecule has 2 heteroatoms. The molecule has 1 saturated heterocycles. The lowest BCUT2D eigenvalue weighted by Crippen LogP contribution is -2.37. The topological polar surface area (TPSA) is 12.5 Å². The second-order valence-electron chi connectivity index (χ2n) is 4.75. The molecule has 1 fully saturated rings. The van der Waals surface area contributed by atoms with Gasteiger partial charge in [-0.1, -0.05) is 43.2 Å². The zero-order valence-electron chi connectivity index (χ0n) is 12.3. The number of nitrogens with zero attached hydrogens (tertiary/aromatic N) is 1. The maximum Gasteiger partial charge on any atom is 0.0594 e. The third-order valence-electron chi connectivity index (χ3n) is 3.08. The van der Waals surface area contributed by atoms with Gasteiger partial charge in [-0.05, 0) is 25.8 Å². The van der Waals surface area contributed by atoms with Crippen LogP contribution >= 0.6 is 0 Å². The van der Waals surface area contributed by atoms with E-state index in [9.17, 15) is 0 Å². The molecule has 0 aromatic carbocycles. The van der Waals surface area contributed by atoms with Gasteiger partial charge in [0.25, 0.3) is 0 Å². The van der Waals surface area contributed by atoms with E-state index in [-0.39, 0.29) is 0 Å². The summed E-state index contributed by atoms with van der Waals surface area (Å²) in [7, 11) is 0. The first-order chi connectivity index (χ1) is 8.74. The fourth-order valence-corrected chi connectivity index (χ4v) is 2.26. The Morgan fingerprint density at radius 3 is 2.44 bits per heavy atom. The molecule has 2 rings (SSSR count). The van der Waals surface area contributed by atoms with Crippen LogP contribution in [0.15, 0.2) is 34.9 Å². The van der Waals surface area contributed by atoms with E-state index < -0.39 is 0 Å². The Kier molecular flexibility index (Phi) is 6.99. The van der Waals surface area contributed by atoms with Crippen molar-refractivity contribution in [2.75, 3.05) is 32.8 Å². The SMILES string of the molecule is CC.CC1=CC(CN2CCOCC2)=CCC(C)=C1. The van der Waals surface area contributed by atoms with Gasteiger partial charge in [0.2, 0.25) is 0 Å². The number of ether oxygens (including phenoxy) is 1. The largest absolute Gasteiger partial charge is 0.379 e. The fraction of sp³-hybridized carbons (Fsp3) is 0.625. The van der Waals surface area contributed by atoms with Gasteiger partial charge in [0.15, 0.2) is 0 Å². The molecule has 1 aliphatic carbocycles. The predicted molar refractivity (Wildman–Crippen MR) is 78.8 cm³/mol. The van der Waals surface area contributed by atoms with E-state index >= 15 is 0 Å². The highest BCUT2D eigenvalue weighted by Crippen LogP contribution is 2.17. The van der Waals surface area contributed by atoms with Gasteiger partial charge in [-0.2, -0.15) is 0 Å². The van der Waals surface area contributed by atoms with Crippen LogP contribution < -0.4 is 0 Å². The first-order valence-electron chi connectivity index (χ1n) is 7.08. The predicted octanol–water partition coefficient (Wildman–Crippen LogP) is 3.57. The maximum atomic E-state index is 5.36. The van der Waals surface area contributed by atoms with E-state index in [0.29, 0.717) is 0 Å². The van der Waals surface area contributed by atoms with Crippen LogP contribution in [0.25, 0.3) is 0 Å². The molecule has 0 radical (unpaired) electrons. The number of hydrogen-bond donors (Lipinski definition) is 0. The number of allylic oxidation sites excluding steroid dienone is 4. The Bertz CT molecular complexity index is 333. The van der Waals surface area contributed by atoms with Crippen molar-refractivity contribution >= 4 is 0 Å². The number of rotatable bonds is 2. The van der Waals surface area contributed by atoms with Crippen molar-refractivity contribution in [1.29, 1.82) is 0 Å². The zero-order valence-corrected chi connectivity index (χ0v) is 12.3. The molecule has 2 aliphatic rings. The molecule has 0 spiro atoms. The van der Waals surface area contributed by atoms with Crippen molar-refractivity contribution in [1.82, 2.24) is 4.90 Å². The molecule has 1 aliphatic heterocycles. The maximum absolute atomic E-state index is 5.36. The van der Waals surface area contributed by atoms with Crippen molar-refractivity contribution < 1.29 is 4.74 Å². The summed E-state index contributed by atoms with van der Waals surface area (Å²) in [6.45, 7) is 13.4. The smallest absolute Gasteiger partial charge is 0.0594 e. The van der Waals surface area contributed by atoms with Crippen LogP contribution in [0.5, 0.6) is 0 Å². The van der Waals surface area contributed by atoms with Gasteiger partial charge in [-0.3, -0.25) is 4.90 Å². The molecule has 18 heavy (non-hydrogen) atoms. The van der Waals surface area contributed by atoms with Crippen molar-refractivity contribution in [3.05, 3.63) is 34.9 Å². The quantitative estimate of drug-likeness (QED) is 0.742. The Morgan fingerprint density at radius 2 is 1.78 bits per heavy atom. The van der Waals surface area contributed by atoms with Crippen molar-refractivity contribution in [2.45, 2.75) is 34.1 Å². The van der Waals surface area contributed by atoms with E-state index in [0.717, 1.165) is 39.3 Å². The van der Waals surface area contributed by atoms with Gasteiger partial charge in [-0.15, -0.1) is 0 Å². The minimum Gasteiger partial charge on any atom is -0.379 e. The first kappa shape index (κ1) is 15.2. The van der Waals surface area contributed by atoms with E-state index in [1.54, 1.807) is 0 Å². The molecule has 0 aromatic heterocycles. The summed E-state index contributed by atoms with van der Waals surface area (Å²) in [6, 6.07) is 0. The molecule has 0 unspecified atom stereocenters. The van der Waals surface area contributed by atoms with Gasteiger partial charge in [0, 0.05) is 19.6 Å². The van der Waals surface area contributed by atoms with E-state index in [2.05, 4.69) is 37.0 Å². The first-order valence-corrected chi connectivity index (χ1v) is 7.08. The highest BCUT2D eigenvalue weighted by molar-refractivity contribution is 5.35. The number of morpholine rings is 1. The van der Waals surface area contributed by atoms with Crippen LogP contribution in [0.2, 0.25) is 0 Å². The van der Waals surface area contributed by atoms with Crippen LogP contribution in [-0.4, -0.2) is 37.7 Å². The highest BCUT2D eigenvalue weighted by atomic mass is 16.5. The monoisotopic (exact) mass is 249 g/mol. The summed E-state index contributed by atoms with van der Waals surface area (Å²) in [5.41, 5.74) is 4.27. The Hall–Kier alpha value is -0.860. The molecule has 0 aromatic rings. The fourth-order valence-electron chi connectivity index (χ4n) is 2.26. The van der Waals surface area contributed by atoms with Gasteiger partial charge in [-0.25, -0.2) is 0 Å². The van der Waals surface area contributed by atoms with Gasteiger partial charge >= 0.3 is 0 Å². The zero-order chi connectivity index (χ0) is 13.4. The Morgan fingerprint density at radius 1 is 1.11 bits per heavy atom. The Balaban J connectivity index is 0.000000771. The van der Waals surface area contributed by atoms with Gasteiger partial charge in [0.1, 0.15) is 0 Å². The van der Waals surface area contributed by atoms with Gasteiger partial charge < -0.3 is 4.74 Å². The molecule has 0 atom stereocenters. The van der Waals surface area contributed by atoms with Crippen LogP contribution in [0.3, 0.4) is 0 Å². The summed E-state index contributed by atoms with van der Waals surface area (Å²) in [6.07, 6.45) is 8.04. The third-order valence-corrected chi connectivity index (χ3v) is 3.08. The van der Waals surface area contributed by atoms with Crippen LogP contribution in [0.4, 0.5) is 0 Å². The average molecular weight is 249 g/mol. The highest BCUT2D eigenvalue weighted by Gasteiger charge is 2.11. The molecule has 0 saturated carbocycles. The molecular weight excluding hydrogens is 222 g/mol. The summed E-state index contributed by atoms with van der Waals surface area (Å²) < 4.78 is 5.36. The van der Waals surface area contributed by atoms with Gasteiger partial charge in [0.05, 0.1) is 13.2 Å². The Labute approximate surface area is 112 Å². The molecule has 0 amide bonds. The van der Waals surface area contributed by atoms with Crippen molar-refractivity contribution in [2.24, 2.45) is 0 Å². The lowest BCUT2D eigenvalue weighted by molar-refractivity contribution is 0.0426. The van der Waals surface area contributed by atoms with E-state index in [1.165, 1.54) is 16.7 Å². The van der Waals surface area contributed by atoms with Crippen LogP contribution in [0.1, 0.15) is 34.1 Å². The molecule has 1 heterocycles. The van der Waals surface area contributed by atoms with Crippen LogP contribution in [-0.2, 0) is 4.74 Å². The van der Waals surface area contributed by atoms with Crippen molar-refractivity contribution in [3.63, 3.8) is 0 Å². The second-order valence-corrected chi connectivity index (χ2v) is 4.75. The van der Waals surface area contributed by atoms with Crippen LogP contribution in [0, 0.1) is 0 Å². The minimum absolute atomic E-state index is 0.882. The van der Waals surface area contributed by atoms with Crippen molar-refractivity contribution in [3.8, 4) is 0 Å². The summed E-state index contributed by atoms with van der Waals surface area (Å²) in [5, 5.41) is 0. The normalized spacial score (nSPS) is 21.0. The lowest BCUT2D eigenvalue weighted by atomic mass is 10.1. The third kappa shape index (κ3) is 5.19. The summed E-state index contributed by atoms with van der Waals surface area (Å²) >= 11 is 0. The molecule has 102 valence electrons. The summed E-state index contributed by atoms with van der Waals surface area (Å²) in [5.74, 6) is 0. The molecule has 2 nitrogen and oxygen atoms in total. The second kappa shape index (κ2) is 8.28. The lowest BCUT2D eigenvalue weighted by Gasteiger charge is -2.27. The summed E-state index contributed by atoms with van der Waals surface area (Å²) in [4.78, 5) is 2.47. The molecule has 0 N–H and O–H groups in total. The average Bonchev–Trinajstić information content (AvgIpc) is 2.54. The van der Waals surface area contributed by atoms with E-state index in [1.807, 2.05) is 13.8 Å². The number of hydrogen-bond acceptors (Lipinski definition) is 2. The molecule has 0 bridgehead atoms. The minimum atomic E-state index is 0.882. The standard InChI is InChI=1S/C14H21NO.C2H6/c1-12-3-4-14(10-13(2)9-12)11-15-5-7-16-8-6-15;1-2/h4,9-10H,3,5-8,11H2,1-2H3;1-2H3. The van der Waals surface area contributed by atoms with E-state index in [4.69, 9.17) is 4.74 Å².